The molecule has 3 heteroatoms. The highest BCUT2D eigenvalue weighted by atomic mass is 32.1. The molecule has 0 fully saturated rings. The maximum Gasteiger partial charge on any atom is 0.119 e. The third-order valence-electron chi connectivity index (χ3n) is 3.29. The molecule has 1 aromatic heterocycles. The van der Waals surface area contributed by atoms with Crippen molar-refractivity contribution in [2.75, 3.05) is 13.7 Å². The molecule has 0 bridgehead atoms. The summed E-state index contributed by atoms with van der Waals surface area (Å²) in [5.41, 5.74) is 1.50. The summed E-state index contributed by atoms with van der Waals surface area (Å²) in [6, 6.07) is 6.42. The lowest BCUT2D eigenvalue weighted by atomic mass is 10.1. The summed E-state index contributed by atoms with van der Waals surface area (Å²) < 4.78 is 6.72. The summed E-state index contributed by atoms with van der Waals surface area (Å²) in [6.45, 7) is 6.52. The first-order chi connectivity index (χ1) is 9.30. The number of thiophene rings is 1. The Bertz CT molecular complexity index is 533. The Hall–Kier alpha value is -1.06. The highest BCUT2D eigenvalue weighted by Crippen LogP contribution is 2.34. The van der Waals surface area contributed by atoms with E-state index >= 15 is 0 Å². The summed E-state index contributed by atoms with van der Waals surface area (Å²) in [7, 11) is 1.73. The van der Waals surface area contributed by atoms with E-state index in [9.17, 15) is 0 Å². The van der Waals surface area contributed by atoms with Gasteiger partial charge in [-0.05, 0) is 48.5 Å². The zero-order valence-corrected chi connectivity index (χ0v) is 12.9. The van der Waals surface area contributed by atoms with Crippen molar-refractivity contribution in [3.63, 3.8) is 0 Å². The molecule has 1 N–H and O–H groups in total. The summed E-state index contributed by atoms with van der Waals surface area (Å²) in [5.74, 6) is 0.954. The van der Waals surface area contributed by atoms with Crippen molar-refractivity contribution in [3.05, 3.63) is 28.6 Å². The van der Waals surface area contributed by atoms with Crippen LogP contribution in [0, 0.1) is 0 Å². The number of benzene rings is 1. The van der Waals surface area contributed by atoms with E-state index in [1.807, 2.05) is 11.3 Å². The SMILES string of the molecule is CCCNCc1sc2ccc(OC)cc2c1CCC. The first-order valence-electron chi connectivity index (χ1n) is 7.09. The fourth-order valence-electron chi connectivity index (χ4n) is 2.35. The van der Waals surface area contributed by atoms with E-state index in [1.165, 1.54) is 33.4 Å². The van der Waals surface area contributed by atoms with Gasteiger partial charge in [0.05, 0.1) is 7.11 Å². The van der Waals surface area contributed by atoms with Gasteiger partial charge in [-0.1, -0.05) is 20.3 Å². The number of ether oxygens (including phenoxy) is 1. The predicted molar refractivity (Wildman–Crippen MR) is 84.4 cm³/mol. The standard InChI is InChI=1S/C16H23NOS/c1-4-6-13-14-10-12(18-3)7-8-15(14)19-16(13)11-17-9-5-2/h7-8,10,17H,4-6,9,11H2,1-3H3. The first-order valence-corrected chi connectivity index (χ1v) is 7.90. The van der Waals surface area contributed by atoms with Gasteiger partial charge in [-0.3, -0.25) is 0 Å². The van der Waals surface area contributed by atoms with Crippen LogP contribution in [-0.2, 0) is 13.0 Å². The fraction of sp³-hybridized carbons (Fsp3) is 0.500. The van der Waals surface area contributed by atoms with Crippen LogP contribution < -0.4 is 10.1 Å². The van der Waals surface area contributed by atoms with Crippen LogP contribution in [0.3, 0.4) is 0 Å². The zero-order valence-electron chi connectivity index (χ0n) is 12.1. The van der Waals surface area contributed by atoms with Gasteiger partial charge in [0.1, 0.15) is 5.75 Å². The minimum absolute atomic E-state index is 0.954. The number of hydrogen-bond donors (Lipinski definition) is 1. The molecule has 1 heterocycles. The van der Waals surface area contributed by atoms with Gasteiger partial charge in [-0.2, -0.15) is 0 Å². The van der Waals surface area contributed by atoms with Crippen LogP contribution in [0.25, 0.3) is 10.1 Å². The third kappa shape index (κ3) is 3.28. The Balaban J connectivity index is 2.36. The van der Waals surface area contributed by atoms with Crippen molar-refractivity contribution in [2.24, 2.45) is 0 Å². The highest BCUT2D eigenvalue weighted by molar-refractivity contribution is 7.19. The number of aryl methyl sites for hydroxylation is 1. The van der Waals surface area contributed by atoms with Crippen molar-refractivity contribution in [3.8, 4) is 5.75 Å². The van der Waals surface area contributed by atoms with Gasteiger partial charge < -0.3 is 10.1 Å². The molecule has 2 aromatic rings. The smallest absolute Gasteiger partial charge is 0.119 e. The van der Waals surface area contributed by atoms with Crippen LogP contribution in [0.1, 0.15) is 37.1 Å². The monoisotopic (exact) mass is 277 g/mol. The summed E-state index contributed by atoms with van der Waals surface area (Å²) >= 11 is 1.92. The van der Waals surface area contributed by atoms with E-state index in [0.29, 0.717) is 0 Å². The first kappa shape index (κ1) is 14.4. The molecule has 0 unspecified atom stereocenters. The highest BCUT2D eigenvalue weighted by Gasteiger charge is 2.11. The predicted octanol–water partition coefficient (Wildman–Crippen LogP) is 4.36. The Labute approximate surface area is 119 Å². The van der Waals surface area contributed by atoms with E-state index in [2.05, 4.69) is 37.4 Å². The second-order valence-corrected chi connectivity index (χ2v) is 5.93. The maximum atomic E-state index is 5.35. The molecule has 0 radical (unpaired) electrons. The van der Waals surface area contributed by atoms with Crippen molar-refractivity contribution in [1.82, 2.24) is 5.32 Å². The Morgan fingerprint density at radius 2 is 2.05 bits per heavy atom. The lowest BCUT2D eigenvalue weighted by molar-refractivity contribution is 0.415. The van der Waals surface area contributed by atoms with E-state index in [1.54, 1.807) is 7.11 Å². The van der Waals surface area contributed by atoms with Crippen molar-refractivity contribution in [2.45, 2.75) is 39.7 Å². The van der Waals surface area contributed by atoms with Crippen molar-refractivity contribution < 1.29 is 4.74 Å². The minimum Gasteiger partial charge on any atom is -0.497 e. The molecule has 0 atom stereocenters. The van der Waals surface area contributed by atoms with E-state index < -0.39 is 0 Å². The second kappa shape index (κ2) is 6.92. The number of nitrogens with one attached hydrogen (secondary N) is 1. The van der Waals surface area contributed by atoms with Crippen LogP contribution in [-0.4, -0.2) is 13.7 Å². The van der Waals surface area contributed by atoms with E-state index in [4.69, 9.17) is 4.74 Å². The number of fused-ring (bicyclic) bond motifs is 1. The van der Waals surface area contributed by atoms with Gasteiger partial charge >= 0.3 is 0 Å². The zero-order chi connectivity index (χ0) is 13.7. The van der Waals surface area contributed by atoms with Gasteiger partial charge in [-0.25, -0.2) is 0 Å². The van der Waals surface area contributed by atoms with Gasteiger partial charge in [0.25, 0.3) is 0 Å². The van der Waals surface area contributed by atoms with E-state index in [-0.39, 0.29) is 0 Å². The molecule has 19 heavy (non-hydrogen) atoms. The topological polar surface area (TPSA) is 21.3 Å². The van der Waals surface area contributed by atoms with Crippen LogP contribution >= 0.6 is 11.3 Å². The summed E-state index contributed by atoms with van der Waals surface area (Å²) in [6.07, 6.45) is 3.52. The number of hydrogen-bond acceptors (Lipinski definition) is 3. The molecule has 0 saturated heterocycles. The van der Waals surface area contributed by atoms with Crippen LogP contribution in [0.2, 0.25) is 0 Å². The molecule has 2 nitrogen and oxygen atoms in total. The number of methoxy groups -OCH3 is 1. The molecule has 1 aromatic carbocycles. The molecular formula is C16H23NOS. The van der Waals surface area contributed by atoms with Crippen LogP contribution in [0.15, 0.2) is 18.2 Å². The minimum atomic E-state index is 0.954. The van der Waals surface area contributed by atoms with Gasteiger partial charge in [-0.15, -0.1) is 11.3 Å². The molecular weight excluding hydrogens is 254 g/mol. The Morgan fingerprint density at radius 1 is 1.21 bits per heavy atom. The Morgan fingerprint density at radius 3 is 2.74 bits per heavy atom. The molecule has 0 aliphatic carbocycles. The lowest BCUT2D eigenvalue weighted by Crippen LogP contribution is -2.13. The molecule has 0 amide bonds. The maximum absolute atomic E-state index is 5.35. The van der Waals surface area contributed by atoms with Crippen LogP contribution in [0.4, 0.5) is 0 Å². The fourth-order valence-corrected chi connectivity index (χ4v) is 3.55. The molecule has 0 spiro atoms. The summed E-state index contributed by atoms with van der Waals surface area (Å²) in [5, 5.41) is 4.89. The molecule has 2 rings (SSSR count). The summed E-state index contributed by atoms with van der Waals surface area (Å²) in [4.78, 5) is 1.48. The number of rotatable bonds is 7. The van der Waals surface area contributed by atoms with Gasteiger partial charge in [0.2, 0.25) is 0 Å². The van der Waals surface area contributed by atoms with Crippen LogP contribution in [0.5, 0.6) is 5.75 Å². The molecule has 0 aliphatic heterocycles. The Kier molecular flexibility index (Phi) is 5.23. The average Bonchev–Trinajstić information content (AvgIpc) is 2.77. The largest absolute Gasteiger partial charge is 0.497 e. The van der Waals surface area contributed by atoms with E-state index in [0.717, 1.165) is 25.3 Å². The van der Waals surface area contributed by atoms with Gasteiger partial charge in [0, 0.05) is 16.1 Å². The molecule has 0 aliphatic rings. The average molecular weight is 277 g/mol. The third-order valence-corrected chi connectivity index (χ3v) is 4.51. The van der Waals surface area contributed by atoms with Gasteiger partial charge in [0.15, 0.2) is 0 Å². The molecule has 104 valence electrons. The normalized spacial score (nSPS) is 11.1. The van der Waals surface area contributed by atoms with Crippen molar-refractivity contribution in [1.29, 1.82) is 0 Å². The van der Waals surface area contributed by atoms with Crippen molar-refractivity contribution >= 4 is 21.4 Å². The quantitative estimate of drug-likeness (QED) is 0.759. The second-order valence-electron chi connectivity index (χ2n) is 4.79. The lowest BCUT2D eigenvalue weighted by Gasteiger charge is -2.05. The molecule has 0 saturated carbocycles.